The minimum atomic E-state index is -0.552. The Labute approximate surface area is 201 Å². The number of aromatic amines is 1. The summed E-state index contributed by atoms with van der Waals surface area (Å²) in [4.78, 5) is 27.5. The fourth-order valence-corrected chi connectivity index (χ4v) is 4.82. The number of amides is 1. The molecule has 1 heterocycles. The minimum Gasteiger partial charge on any atom is -0.354 e. The van der Waals surface area contributed by atoms with Gasteiger partial charge in [0.15, 0.2) is 0 Å². The van der Waals surface area contributed by atoms with Crippen LogP contribution in [0.5, 0.6) is 0 Å². The number of benzene rings is 3. The molecule has 4 rings (SSSR count). The van der Waals surface area contributed by atoms with Crippen molar-refractivity contribution in [2.45, 2.75) is 4.90 Å². The first-order valence-corrected chi connectivity index (χ1v) is 11.8. The van der Waals surface area contributed by atoms with E-state index in [1.54, 1.807) is 11.8 Å². The Hall–Kier alpha value is -2.81. The number of nitrogens with one attached hydrogen (secondary N) is 2. The van der Waals surface area contributed by atoms with Gasteiger partial charge in [-0.3, -0.25) is 14.9 Å². The number of nitro benzene ring substituents is 1. The summed E-state index contributed by atoms with van der Waals surface area (Å²) in [5.41, 5.74) is 3.05. The summed E-state index contributed by atoms with van der Waals surface area (Å²) in [5, 5.41) is 15.1. The topological polar surface area (TPSA) is 88.0 Å². The highest BCUT2D eigenvalue weighted by Gasteiger charge is 2.17. The number of aromatic nitrogens is 1. The van der Waals surface area contributed by atoms with Crippen LogP contribution in [0.3, 0.4) is 0 Å². The monoisotopic (exact) mass is 529 g/mol. The van der Waals surface area contributed by atoms with Gasteiger partial charge < -0.3 is 10.3 Å². The number of thioether (sulfide) groups is 1. The molecule has 0 radical (unpaired) electrons. The molecule has 6 nitrogen and oxygen atoms in total. The molecule has 0 unspecified atom stereocenters. The highest BCUT2D eigenvalue weighted by molar-refractivity contribution is 9.10. The van der Waals surface area contributed by atoms with Gasteiger partial charge in [-0.15, -0.1) is 11.8 Å². The number of halogens is 2. The molecule has 9 heteroatoms. The maximum absolute atomic E-state index is 12.5. The van der Waals surface area contributed by atoms with E-state index in [0.717, 1.165) is 31.5 Å². The van der Waals surface area contributed by atoms with Crippen LogP contribution in [0.1, 0.15) is 10.4 Å². The van der Waals surface area contributed by atoms with E-state index in [0.29, 0.717) is 12.3 Å². The van der Waals surface area contributed by atoms with Crippen LogP contribution in [0.2, 0.25) is 5.02 Å². The Morgan fingerprint density at radius 1 is 1.12 bits per heavy atom. The molecule has 0 saturated carbocycles. The second-order valence-corrected chi connectivity index (χ2v) is 9.34. The lowest BCUT2D eigenvalue weighted by Crippen LogP contribution is -2.26. The van der Waals surface area contributed by atoms with Crippen molar-refractivity contribution in [1.82, 2.24) is 10.3 Å². The van der Waals surface area contributed by atoms with E-state index < -0.39 is 10.8 Å². The molecular weight excluding hydrogens is 514 g/mol. The first-order chi connectivity index (χ1) is 15.4. The fraction of sp³-hybridized carbons (Fsp3) is 0.0870. The van der Waals surface area contributed by atoms with Crippen LogP contribution >= 0.6 is 39.3 Å². The molecule has 0 aliphatic heterocycles. The molecule has 0 saturated heterocycles. The van der Waals surface area contributed by atoms with Crippen molar-refractivity contribution in [2.24, 2.45) is 0 Å². The first kappa shape index (κ1) is 22.4. The van der Waals surface area contributed by atoms with E-state index in [1.807, 2.05) is 42.5 Å². The van der Waals surface area contributed by atoms with Crippen LogP contribution < -0.4 is 5.32 Å². The van der Waals surface area contributed by atoms with Crippen LogP contribution in [-0.4, -0.2) is 28.1 Å². The van der Waals surface area contributed by atoms with Gasteiger partial charge in [-0.1, -0.05) is 57.9 Å². The minimum absolute atomic E-state index is 0.0912. The summed E-state index contributed by atoms with van der Waals surface area (Å²) >= 11 is 11.2. The second-order valence-electron chi connectivity index (χ2n) is 6.91. The third kappa shape index (κ3) is 4.82. The van der Waals surface area contributed by atoms with Crippen molar-refractivity contribution in [1.29, 1.82) is 0 Å². The van der Waals surface area contributed by atoms with E-state index >= 15 is 0 Å². The number of para-hydroxylation sites is 1. The van der Waals surface area contributed by atoms with Crippen molar-refractivity contribution in [3.05, 3.63) is 91.9 Å². The van der Waals surface area contributed by atoms with E-state index in [1.165, 1.54) is 18.2 Å². The average Bonchev–Trinajstić information content (AvgIpc) is 3.15. The number of nitro groups is 1. The number of hydrogen-bond donors (Lipinski definition) is 2. The van der Waals surface area contributed by atoms with Crippen LogP contribution in [0.25, 0.3) is 22.2 Å². The molecule has 1 aromatic heterocycles. The first-order valence-electron chi connectivity index (χ1n) is 9.65. The Balaban J connectivity index is 1.49. The van der Waals surface area contributed by atoms with Crippen molar-refractivity contribution in [3.63, 3.8) is 0 Å². The molecule has 0 fully saturated rings. The largest absolute Gasteiger partial charge is 0.354 e. The third-order valence-corrected chi connectivity index (χ3v) is 6.81. The number of non-ortho nitro benzene ring substituents is 1. The van der Waals surface area contributed by atoms with Gasteiger partial charge in [-0.05, 0) is 29.8 Å². The standard InChI is InChI=1S/C23H17BrClN3O3S/c24-15-7-5-14(6-8-15)21-22(17-3-1-2-4-20(17)27-21)32-12-11-26-23(29)18-13-16(28(30)31)9-10-19(18)25/h1-10,13,27H,11-12H2,(H,26,29). The molecule has 162 valence electrons. The van der Waals surface area contributed by atoms with Gasteiger partial charge in [0.05, 0.1) is 21.2 Å². The van der Waals surface area contributed by atoms with Crippen molar-refractivity contribution in [3.8, 4) is 11.3 Å². The number of carbonyl (C=O) groups is 1. The van der Waals surface area contributed by atoms with E-state index in [-0.39, 0.29) is 16.3 Å². The Bertz CT molecular complexity index is 1310. The quantitative estimate of drug-likeness (QED) is 0.121. The summed E-state index contributed by atoms with van der Waals surface area (Å²) in [5.74, 6) is 0.176. The van der Waals surface area contributed by atoms with E-state index in [4.69, 9.17) is 11.6 Å². The summed E-state index contributed by atoms with van der Waals surface area (Å²) in [6, 6.07) is 20.0. The highest BCUT2D eigenvalue weighted by atomic mass is 79.9. The van der Waals surface area contributed by atoms with Crippen molar-refractivity contribution in [2.75, 3.05) is 12.3 Å². The van der Waals surface area contributed by atoms with E-state index in [2.05, 4.69) is 32.3 Å². The zero-order chi connectivity index (χ0) is 22.7. The molecule has 2 N–H and O–H groups in total. The second kappa shape index (κ2) is 9.77. The van der Waals surface area contributed by atoms with Gasteiger partial charge in [0.25, 0.3) is 11.6 Å². The molecule has 4 aromatic rings. The molecule has 1 amide bonds. The van der Waals surface area contributed by atoms with Gasteiger partial charge in [-0.25, -0.2) is 0 Å². The predicted molar refractivity (Wildman–Crippen MR) is 133 cm³/mol. The summed E-state index contributed by atoms with van der Waals surface area (Å²) in [6.45, 7) is 0.377. The third-order valence-electron chi connectivity index (χ3n) is 4.83. The molecule has 0 bridgehead atoms. The lowest BCUT2D eigenvalue weighted by atomic mass is 10.1. The van der Waals surface area contributed by atoms with Crippen LogP contribution in [0, 0.1) is 10.1 Å². The molecule has 0 aliphatic rings. The summed E-state index contributed by atoms with van der Waals surface area (Å²) in [7, 11) is 0. The number of H-pyrrole nitrogens is 1. The smallest absolute Gasteiger partial charge is 0.270 e. The van der Waals surface area contributed by atoms with Gasteiger partial charge >= 0.3 is 0 Å². The SMILES string of the molecule is O=C(NCCSc1c(-c2ccc(Br)cc2)[nH]c2ccccc12)c1cc([N+](=O)[O-])ccc1Cl. The maximum atomic E-state index is 12.5. The highest BCUT2D eigenvalue weighted by Crippen LogP contribution is 2.37. The van der Waals surface area contributed by atoms with Crippen LogP contribution in [0.15, 0.2) is 76.1 Å². The zero-order valence-corrected chi connectivity index (χ0v) is 19.8. The van der Waals surface area contributed by atoms with E-state index in [9.17, 15) is 14.9 Å². The Morgan fingerprint density at radius 2 is 1.88 bits per heavy atom. The Morgan fingerprint density at radius 3 is 2.62 bits per heavy atom. The molecule has 0 atom stereocenters. The lowest BCUT2D eigenvalue weighted by Gasteiger charge is -2.08. The van der Waals surface area contributed by atoms with Crippen LogP contribution in [0.4, 0.5) is 5.69 Å². The predicted octanol–water partition coefficient (Wildman–Crippen LogP) is 6.68. The molecule has 0 aliphatic carbocycles. The fourth-order valence-electron chi connectivity index (χ4n) is 3.30. The zero-order valence-electron chi connectivity index (χ0n) is 16.6. The number of hydrogen-bond acceptors (Lipinski definition) is 4. The van der Waals surface area contributed by atoms with Crippen molar-refractivity contribution < 1.29 is 9.72 Å². The molecular formula is C23H17BrClN3O3S. The average molecular weight is 531 g/mol. The lowest BCUT2D eigenvalue weighted by molar-refractivity contribution is -0.384. The number of nitrogens with zero attached hydrogens (tertiary/aromatic N) is 1. The van der Waals surface area contributed by atoms with Gasteiger partial charge in [0.1, 0.15) is 0 Å². The number of fused-ring (bicyclic) bond motifs is 1. The molecule has 3 aromatic carbocycles. The number of carbonyl (C=O) groups excluding carboxylic acids is 1. The van der Waals surface area contributed by atoms with Crippen molar-refractivity contribution >= 4 is 61.8 Å². The number of rotatable bonds is 7. The Kier molecular flexibility index (Phi) is 6.83. The van der Waals surface area contributed by atoms with Gasteiger partial charge in [0, 0.05) is 44.7 Å². The molecule has 32 heavy (non-hydrogen) atoms. The van der Waals surface area contributed by atoms with Crippen LogP contribution in [-0.2, 0) is 0 Å². The van der Waals surface area contributed by atoms with Gasteiger partial charge in [0.2, 0.25) is 0 Å². The van der Waals surface area contributed by atoms with Gasteiger partial charge in [-0.2, -0.15) is 0 Å². The maximum Gasteiger partial charge on any atom is 0.270 e. The summed E-state index contributed by atoms with van der Waals surface area (Å²) < 4.78 is 1.01. The summed E-state index contributed by atoms with van der Waals surface area (Å²) in [6.07, 6.45) is 0. The molecule has 0 spiro atoms. The normalized spacial score (nSPS) is 10.9.